The van der Waals surface area contributed by atoms with Crippen LogP contribution in [0.1, 0.15) is 87.0 Å². The van der Waals surface area contributed by atoms with Crippen LogP contribution in [0.15, 0.2) is 273 Å². The lowest BCUT2D eigenvalue weighted by Crippen LogP contribution is -2.50. The molecule has 0 aliphatic carbocycles. The predicted molar refractivity (Wildman–Crippen MR) is 357 cm³/mol. The Morgan fingerprint density at radius 1 is 0.297 bits per heavy atom. The van der Waals surface area contributed by atoms with Crippen molar-refractivity contribution < 1.29 is 38.2 Å². The Morgan fingerprint density at radius 2 is 0.505 bits per heavy atom. The van der Waals surface area contributed by atoms with Gasteiger partial charge in [-0.05, 0) is 34.9 Å². The van der Waals surface area contributed by atoms with Gasteiger partial charge in [-0.2, -0.15) is 0 Å². The highest BCUT2D eigenvalue weighted by Crippen LogP contribution is 2.44. The topological polar surface area (TPSA) is 131 Å². The Kier molecular flexibility index (Phi) is 22.5. The summed E-state index contributed by atoms with van der Waals surface area (Å²) in [6.45, 7) is 4.96. The van der Waals surface area contributed by atoms with Gasteiger partial charge in [0.2, 0.25) is 0 Å². The molecule has 0 N–H and O–H groups in total. The van der Waals surface area contributed by atoms with Crippen LogP contribution in [-0.4, -0.2) is 110 Å². The van der Waals surface area contributed by atoms with E-state index in [4.69, 9.17) is 9.47 Å². The molecule has 3 aliphatic rings. The smallest absolute Gasteiger partial charge is 0.310 e. The summed E-state index contributed by atoms with van der Waals surface area (Å²) in [5.41, 5.74) is 8.21. The monoisotopic (exact) mass is 1210 g/mol. The van der Waals surface area contributed by atoms with Gasteiger partial charge >= 0.3 is 11.9 Å². The lowest BCUT2D eigenvalue weighted by molar-refractivity contribution is -0.156. The van der Waals surface area contributed by atoms with E-state index in [-0.39, 0.29) is 76.5 Å². The Balaban J connectivity index is 0.000000151. The first-order valence-corrected chi connectivity index (χ1v) is 31.4. The quantitative estimate of drug-likeness (QED) is 0.0638. The van der Waals surface area contributed by atoms with E-state index in [9.17, 15) is 28.8 Å². The fraction of sp³-hybridized carbons (Fsp3) is 0.250. The number of piperidine rings is 3. The van der Waals surface area contributed by atoms with Gasteiger partial charge in [0, 0.05) is 116 Å². The number of carbonyl (C=O) groups excluding carboxylic acids is 6. The number of hydrogen-bond acceptors (Lipinski definition) is 11. The highest BCUT2D eigenvalue weighted by Gasteiger charge is 2.48. The maximum absolute atomic E-state index is 13.9. The van der Waals surface area contributed by atoms with Crippen molar-refractivity contribution in [3.8, 4) is 0 Å². The molecule has 91 heavy (non-hydrogen) atoms. The van der Waals surface area contributed by atoms with Gasteiger partial charge < -0.3 is 14.4 Å². The third-order valence-corrected chi connectivity index (χ3v) is 18.1. The van der Waals surface area contributed by atoms with E-state index in [0.717, 1.165) is 22.3 Å². The first-order chi connectivity index (χ1) is 44.5. The van der Waals surface area contributed by atoms with E-state index in [1.165, 1.54) is 19.8 Å². The molecule has 3 aliphatic heterocycles. The van der Waals surface area contributed by atoms with Crippen LogP contribution in [-0.2, 0) is 32.2 Å². The first-order valence-electron chi connectivity index (χ1n) is 31.4. The molecule has 0 aromatic heterocycles. The van der Waals surface area contributed by atoms with Crippen LogP contribution in [0.2, 0.25) is 0 Å². The lowest BCUT2D eigenvalue weighted by Gasteiger charge is -2.43. The van der Waals surface area contributed by atoms with Gasteiger partial charge in [0.25, 0.3) is 0 Å². The molecule has 9 aromatic rings. The zero-order valence-corrected chi connectivity index (χ0v) is 51.9. The molecule has 12 rings (SSSR count). The molecule has 11 heteroatoms. The maximum atomic E-state index is 13.9. The Labute approximate surface area is 535 Å². The van der Waals surface area contributed by atoms with Crippen LogP contribution >= 0.6 is 0 Å². The number of rotatable bonds is 17. The van der Waals surface area contributed by atoms with Crippen LogP contribution in [0.5, 0.6) is 0 Å². The Bertz CT molecular complexity index is 3620. The zero-order chi connectivity index (χ0) is 63.5. The van der Waals surface area contributed by atoms with Crippen LogP contribution in [0.25, 0.3) is 0 Å². The number of hydrogen-bond donors (Lipinski definition) is 0. The molecule has 0 spiro atoms. The summed E-state index contributed by atoms with van der Waals surface area (Å²) in [5, 5.41) is 0. The minimum Gasteiger partial charge on any atom is -0.469 e. The maximum Gasteiger partial charge on any atom is 0.310 e. The van der Waals surface area contributed by atoms with Crippen molar-refractivity contribution in [3.63, 3.8) is 0 Å². The van der Waals surface area contributed by atoms with Crippen molar-refractivity contribution in [1.29, 1.82) is 0 Å². The van der Waals surface area contributed by atoms with Crippen molar-refractivity contribution in [2.75, 3.05) is 60.5 Å². The van der Waals surface area contributed by atoms with Gasteiger partial charge in [0.15, 0.2) is 23.1 Å². The Morgan fingerprint density at radius 3 is 0.758 bits per heavy atom. The van der Waals surface area contributed by atoms with Gasteiger partial charge in [-0.1, -0.05) is 273 Å². The molecule has 6 atom stereocenters. The molecular formula is C80H79N3O8. The second-order valence-electron chi connectivity index (χ2n) is 24.0. The van der Waals surface area contributed by atoms with Crippen LogP contribution in [0, 0.1) is 35.5 Å². The average molecular weight is 1210 g/mol. The number of nitrogens with zero attached hydrogens (tertiary/aromatic N) is 3. The molecule has 0 radical (unpaired) electrons. The summed E-state index contributed by atoms with van der Waals surface area (Å²) in [6, 6.07) is 88.1. The number of Topliss-reactive ketones (excluding diaryl/α,β-unsaturated/α-hetero) is 4. The molecule has 3 saturated heterocycles. The number of benzene rings is 9. The van der Waals surface area contributed by atoms with Gasteiger partial charge in [-0.3, -0.25) is 38.6 Å². The number of ether oxygens (including phenoxy) is 2. The van der Waals surface area contributed by atoms with Gasteiger partial charge in [-0.25, -0.2) is 0 Å². The van der Waals surface area contributed by atoms with Crippen molar-refractivity contribution >= 4 is 35.1 Å². The second kappa shape index (κ2) is 31.8. The molecule has 11 nitrogen and oxygen atoms in total. The zero-order valence-electron chi connectivity index (χ0n) is 51.9. The number of likely N-dealkylation sites (tertiary alicyclic amines) is 3. The minimum absolute atomic E-state index is 0.100. The normalized spacial score (nSPS) is 21.6. The van der Waals surface area contributed by atoms with Crippen LogP contribution < -0.4 is 0 Å². The molecule has 9 aromatic carbocycles. The fourth-order valence-electron chi connectivity index (χ4n) is 13.9. The number of esters is 2. The van der Waals surface area contributed by atoms with E-state index < -0.39 is 11.8 Å². The van der Waals surface area contributed by atoms with Crippen molar-refractivity contribution in [3.05, 3.63) is 323 Å². The molecular weight excluding hydrogens is 1130 g/mol. The van der Waals surface area contributed by atoms with E-state index in [1.54, 1.807) is 0 Å². The number of methoxy groups -OCH3 is 2. The van der Waals surface area contributed by atoms with Gasteiger partial charge in [0.1, 0.15) is 0 Å². The van der Waals surface area contributed by atoms with E-state index in [0.29, 0.717) is 74.6 Å². The largest absolute Gasteiger partial charge is 0.469 e. The van der Waals surface area contributed by atoms with Crippen molar-refractivity contribution in [2.24, 2.45) is 35.5 Å². The minimum atomic E-state index is -0.432. The molecule has 3 fully saturated rings. The fourth-order valence-corrected chi connectivity index (χ4v) is 13.9. The lowest BCUT2D eigenvalue weighted by atomic mass is 9.68. The van der Waals surface area contributed by atoms with Crippen LogP contribution in [0.3, 0.4) is 0 Å². The molecule has 0 saturated carbocycles. The summed E-state index contributed by atoms with van der Waals surface area (Å²) in [5.74, 6) is -2.82. The molecule has 0 bridgehead atoms. The van der Waals surface area contributed by atoms with E-state index in [2.05, 4.69) is 39.0 Å². The van der Waals surface area contributed by atoms with Gasteiger partial charge in [-0.15, -0.1) is 0 Å². The number of carbonyl (C=O) groups is 6. The molecule has 462 valence electrons. The number of ketones is 4. The summed E-state index contributed by atoms with van der Waals surface area (Å²) >= 11 is 0. The molecule has 6 unspecified atom stereocenters. The molecule has 3 heterocycles. The van der Waals surface area contributed by atoms with Crippen molar-refractivity contribution in [1.82, 2.24) is 14.7 Å². The SMILES string of the molecule is CN1CC(C(=O)c2ccccc2)C(c2ccccc2)C(C(=O)c2ccccc2)C1.COC(=O)C1CN(Cc2ccccc2)CC(C(=O)OC)C1c1ccccc1.O=C(c1ccccc1)C1CN(Cc2ccccc2)CC(C(=O)c2ccccc2)C1c1ccccc1. The third-order valence-electron chi connectivity index (χ3n) is 18.1. The molecule has 0 amide bonds. The third kappa shape index (κ3) is 16.3. The first kappa shape index (κ1) is 64.5. The average Bonchev–Trinajstić information content (AvgIpc) is 1.01. The summed E-state index contributed by atoms with van der Waals surface area (Å²) in [6.07, 6.45) is 0. The summed E-state index contributed by atoms with van der Waals surface area (Å²) < 4.78 is 10.2. The highest BCUT2D eigenvalue weighted by molar-refractivity contribution is 6.03. The highest BCUT2D eigenvalue weighted by atomic mass is 16.5. The van der Waals surface area contributed by atoms with E-state index >= 15 is 0 Å². The Hall–Kier alpha value is -9.52. The standard InChI is InChI=1S/C32H29NO2.C26H25NO2.C22H25NO4/c34-31(26-17-9-3-10-18-26)28-22-33(21-24-13-5-1-6-14-24)23-29(30(28)25-15-7-2-8-16-25)32(35)27-19-11-4-12-20-27;1-27-17-22(25(28)20-13-7-3-8-14-20)24(19-11-5-2-6-12-19)23(18-27)26(29)21-15-9-4-10-16-21;1-26-21(24)18-14-23(13-16-9-5-3-6-10-16)15-19(22(25)27-2)20(18)17-11-7-4-8-12-17/h1-20,28-30H,21-23H2;2-16,22-24H,17-18H2,1H3;3-12,18-20H,13-15H2,1-2H3. The van der Waals surface area contributed by atoms with Crippen molar-refractivity contribution in [2.45, 2.75) is 30.8 Å². The summed E-state index contributed by atoms with van der Waals surface area (Å²) in [7, 11) is 4.79. The predicted octanol–water partition coefficient (Wildman–Crippen LogP) is 13.9. The second-order valence-corrected chi connectivity index (χ2v) is 24.0. The van der Waals surface area contributed by atoms with Gasteiger partial charge in [0.05, 0.1) is 26.1 Å². The van der Waals surface area contributed by atoms with Crippen LogP contribution in [0.4, 0.5) is 0 Å². The summed E-state index contributed by atoms with van der Waals surface area (Å²) in [4.78, 5) is 86.6. The van der Waals surface area contributed by atoms with E-state index in [1.807, 2.05) is 256 Å².